The lowest BCUT2D eigenvalue weighted by molar-refractivity contribution is -0.188. The molecule has 3 aromatic rings. The molecule has 1 aliphatic heterocycles. The third-order valence-electron chi connectivity index (χ3n) is 4.63. The smallest absolute Gasteiger partial charge is 0.167 e. The van der Waals surface area contributed by atoms with Crippen molar-refractivity contribution in [3.05, 3.63) is 57.8 Å². The maximum absolute atomic E-state index is 6.05. The molecule has 0 radical (unpaired) electrons. The van der Waals surface area contributed by atoms with Crippen molar-refractivity contribution in [1.29, 1.82) is 0 Å². The number of rotatable bonds is 6. The Morgan fingerprint density at radius 1 is 1.30 bits per heavy atom. The van der Waals surface area contributed by atoms with Crippen LogP contribution in [0.2, 0.25) is 0 Å². The number of ether oxygens (including phenoxy) is 2. The summed E-state index contributed by atoms with van der Waals surface area (Å²) in [5, 5.41) is 4.22. The fourth-order valence-corrected chi connectivity index (χ4v) is 3.59. The van der Waals surface area contributed by atoms with E-state index < -0.39 is 0 Å². The largest absolute Gasteiger partial charge is 0.356 e. The van der Waals surface area contributed by atoms with E-state index in [4.69, 9.17) is 14.0 Å². The van der Waals surface area contributed by atoms with E-state index >= 15 is 0 Å². The van der Waals surface area contributed by atoms with Crippen LogP contribution in [0.25, 0.3) is 11.3 Å². The summed E-state index contributed by atoms with van der Waals surface area (Å²) in [5.41, 5.74) is 1.87. The Labute approximate surface area is 172 Å². The van der Waals surface area contributed by atoms with Crippen molar-refractivity contribution in [2.75, 3.05) is 6.61 Å². The number of nitrogens with zero attached hydrogens (tertiary/aromatic N) is 3. The first-order valence-corrected chi connectivity index (χ1v) is 10.3. The monoisotopic (exact) mass is 479 g/mol. The Morgan fingerprint density at radius 2 is 2.15 bits per heavy atom. The lowest BCUT2D eigenvalue weighted by Gasteiger charge is -2.26. The van der Waals surface area contributed by atoms with E-state index in [-0.39, 0.29) is 12.4 Å². The molecule has 1 fully saturated rings. The highest BCUT2D eigenvalue weighted by Crippen LogP contribution is 2.25. The number of hydrogen-bond acceptors (Lipinski definition) is 5. The molecule has 1 unspecified atom stereocenters. The molecule has 0 spiro atoms. The maximum atomic E-state index is 6.05. The van der Waals surface area contributed by atoms with Gasteiger partial charge in [-0.3, -0.25) is 0 Å². The maximum Gasteiger partial charge on any atom is 0.167 e. The lowest BCUT2D eigenvalue weighted by atomic mass is 10.1. The van der Waals surface area contributed by atoms with Crippen LogP contribution in [0, 0.1) is 3.57 Å². The van der Waals surface area contributed by atoms with E-state index in [1.165, 1.54) is 3.57 Å². The molecule has 7 heteroatoms. The fraction of sp³-hybridized carbons (Fsp3) is 0.400. The van der Waals surface area contributed by atoms with Crippen molar-refractivity contribution in [3.8, 4) is 11.3 Å². The second-order valence-corrected chi connectivity index (χ2v) is 7.92. The number of hydrogen-bond donors (Lipinski definition) is 0. The van der Waals surface area contributed by atoms with E-state index in [0.717, 1.165) is 48.7 Å². The molecule has 0 amide bonds. The van der Waals surface area contributed by atoms with Gasteiger partial charge < -0.3 is 18.6 Å². The van der Waals surface area contributed by atoms with E-state index in [2.05, 4.69) is 44.9 Å². The first-order chi connectivity index (χ1) is 13.2. The predicted molar refractivity (Wildman–Crippen MR) is 109 cm³/mol. The minimum atomic E-state index is -0.148. The highest BCUT2D eigenvalue weighted by Gasteiger charge is 2.21. The van der Waals surface area contributed by atoms with Gasteiger partial charge in [0.05, 0.1) is 6.54 Å². The highest BCUT2D eigenvalue weighted by atomic mass is 127. The zero-order valence-corrected chi connectivity index (χ0v) is 17.3. The van der Waals surface area contributed by atoms with Crippen molar-refractivity contribution >= 4 is 22.6 Å². The Balaban J connectivity index is 1.44. The summed E-state index contributed by atoms with van der Waals surface area (Å²) in [7, 11) is 0. The van der Waals surface area contributed by atoms with Crippen LogP contribution in [-0.2, 0) is 16.0 Å². The third kappa shape index (κ3) is 4.59. The van der Waals surface area contributed by atoms with Gasteiger partial charge in [-0.15, -0.1) is 0 Å². The molecule has 0 aliphatic carbocycles. The average molecular weight is 479 g/mol. The van der Waals surface area contributed by atoms with Gasteiger partial charge >= 0.3 is 0 Å². The molecule has 2 aromatic heterocycles. The first-order valence-electron chi connectivity index (χ1n) is 9.18. The zero-order valence-electron chi connectivity index (χ0n) is 15.2. The van der Waals surface area contributed by atoms with Gasteiger partial charge in [0.25, 0.3) is 0 Å². The minimum absolute atomic E-state index is 0.140. The predicted octanol–water partition coefficient (Wildman–Crippen LogP) is 4.80. The Hall–Kier alpha value is -1.71. The molecular weight excluding hydrogens is 457 g/mol. The van der Waals surface area contributed by atoms with Crippen LogP contribution >= 0.6 is 22.6 Å². The fourth-order valence-electron chi connectivity index (χ4n) is 3.23. The molecule has 6 nitrogen and oxygen atoms in total. The molecule has 3 heterocycles. The number of aromatic nitrogens is 3. The van der Waals surface area contributed by atoms with Gasteiger partial charge in [0.2, 0.25) is 0 Å². The highest BCUT2D eigenvalue weighted by molar-refractivity contribution is 14.1. The molecule has 0 N–H and O–H groups in total. The van der Waals surface area contributed by atoms with Crippen LogP contribution in [0.4, 0.5) is 0 Å². The third-order valence-corrected chi connectivity index (χ3v) is 5.34. The van der Waals surface area contributed by atoms with Crippen LogP contribution in [-0.4, -0.2) is 27.6 Å². The van der Waals surface area contributed by atoms with Crippen molar-refractivity contribution in [3.63, 3.8) is 0 Å². The number of imidazole rings is 1. The molecule has 0 saturated carbocycles. The van der Waals surface area contributed by atoms with Crippen LogP contribution in [0.3, 0.4) is 0 Å². The Morgan fingerprint density at radius 3 is 2.93 bits per heavy atom. The summed E-state index contributed by atoms with van der Waals surface area (Å²) in [5.74, 6) is 1.63. The molecule has 1 saturated heterocycles. The summed E-state index contributed by atoms with van der Waals surface area (Å²) >= 11 is 2.29. The van der Waals surface area contributed by atoms with Crippen LogP contribution in [0.1, 0.15) is 43.8 Å². The van der Waals surface area contributed by atoms with Gasteiger partial charge in [-0.25, -0.2) is 4.98 Å². The number of benzene rings is 1. The van der Waals surface area contributed by atoms with Gasteiger partial charge in [-0.1, -0.05) is 17.3 Å². The van der Waals surface area contributed by atoms with Crippen LogP contribution in [0.15, 0.2) is 47.2 Å². The van der Waals surface area contributed by atoms with Gasteiger partial charge in [0.15, 0.2) is 12.1 Å². The molecule has 2 atom stereocenters. The van der Waals surface area contributed by atoms with Gasteiger partial charge in [0, 0.05) is 34.2 Å². The molecule has 4 rings (SSSR count). The standard InChI is InChI=1S/C20H22IN3O3/c1-14(26-19-4-2-3-11-25-19)20-22-9-10-24(20)13-17-12-18(27-23-17)15-5-7-16(21)8-6-15/h5-10,12,14,19H,2-4,11,13H2,1H3/t14-,19?/m0/s1. The van der Waals surface area contributed by atoms with E-state index in [0.29, 0.717) is 6.54 Å². The lowest BCUT2D eigenvalue weighted by Crippen LogP contribution is -2.24. The van der Waals surface area contributed by atoms with Gasteiger partial charge in [0.1, 0.15) is 17.6 Å². The second-order valence-electron chi connectivity index (χ2n) is 6.68. The normalized spacial score (nSPS) is 18.5. The van der Waals surface area contributed by atoms with Crippen LogP contribution < -0.4 is 0 Å². The molecule has 27 heavy (non-hydrogen) atoms. The van der Waals surface area contributed by atoms with Crippen LogP contribution in [0.5, 0.6) is 0 Å². The molecule has 0 bridgehead atoms. The summed E-state index contributed by atoms with van der Waals surface area (Å²) < 4.78 is 20.5. The van der Waals surface area contributed by atoms with E-state index in [9.17, 15) is 0 Å². The number of halogens is 1. The topological polar surface area (TPSA) is 62.3 Å². The van der Waals surface area contributed by atoms with Crippen molar-refractivity contribution in [2.45, 2.75) is 45.1 Å². The van der Waals surface area contributed by atoms with Crippen molar-refractivity contribution in [1.82, 2.24) is 14.7 Å². The summed E-state index contributed by atoms with van der Waals surface area (Å²) in [4.78, 5) is 4.48. The minimum Gasteiger partial charge on any atom is -0.356 e. The molecule has 1 aromatic carbocycles. The average Bonchev–Trinajstić information content (AvgIpc) is 3.33. The van der Waals surface area contributed by atoms with Crippen molar-refractivity contribution < 1.29 is 14.0 Å². The van der Waals surface area contributed by atoms with Crippen molar-refractivity contribution in [2.24, 2.45) is 0 Å². The molecular formula is C20H22IN3O3. The van der Waals surface area contributed by atoms with Gasteiger partial charge in [-0.2, -0.15) is 0 Å². The Kier molecular flexibility index (Phi) is 5.89. The summed E-state index contributed by atoms with van der Waals surface area (Å²) in [6.45, 7) is 3.37. The van der Waals surface area contributed by atoms with E-state index in [1.807, 2.05) is 35.9 Å². The van der Waals surface area contributed by atoms with E-state index in [1.54, 1.807) is 6.20 Å². The molecule has 1 aliphatic rings. The Bertz CT molecular complexity index is 869. The summed E-state index contributed by atoms with van der Waals surface area (Å²) in [6.07, 6.45) is 6.63. The second kappa shape index (κ2) is 8.53. The SMILES string of the molecule is C[C@H](OC1CCCCO1)c1nccn1Cc1cc(-c2ccc(I)cc2)on1. The van der Waals surface area contributed by atoms with Gasteiger partial charge in [-0.05, 0) is 60.9 Å². The molecule has 142 valence electrons. The quantitative estimate of drug-likeness (QED) is 0.476. The zero-order chi connectivity index (χ0) is 18.6. The first kappa shape index (κ1) is 18.6. The summed E-state index contributed by atoms with van der Waals surface area (Å²) in [6, 6.07) is 10.2.